The second kappa shape index (κ2) is 4.94. The van der Waals surface area contributed by atoms with Gasteiger partial charge in [-0.15, -0.1) is 0 Å². The number of fused-ring (bicyclic) bond motifs is 1. The van der Waals surface area contributed by atoms with E-state index in [-0.39, 0.29) is 17.6 Å². The number of ketones is 1. The molecule has 3 atom stereocenters. The predicted molar refractivity (Wildman–Crippen MR) is 71.1 cm³/mol. The molecular weight excluding hydrogens is 242 g/mol. The van der Waals surface area contributed by atoms with Gasteiger partial charge < -0.3 is 10.2 Å². The molecule has 1 aliphatic carbocycles. The Balaban J connectivity index is 1.58. The lowest BCUT2D eigenvalue weighted by Crippen LogP contribution is -2.29. The SMILES string of the molecule is O=C(CN1C[C@H]2CC(O)C[C@H]2C1)c1ccc(O)cc1. The van der Waals surface area contributed by atoms with Gasteiger partial charge in [0, 0.05) is 18.7 Å². The number of phenols is 1. The van der Waals surface area contributed by atoms with Crippen molar-refractivity contribution in [1.29, 1.82) is 0 Å². The van der Waals surface area contributed by atoms with Gasteiger partial charge >= 0.3 is 0 Å². The van der Waals surface area contributed by atoms with Crippen molar-refractivity contribution in [3.8, 4) is 5.75 Å². The monoisotopic (exact) mass is 261 g/mol. The molecule has 2 aliphatic rings. The minimum atomic E-state index is -0.134. The van der Waals surface area contributed by atoms with Crippen molar-refractivity contribution in [3.05, 3.63) is 29.8 Å². The lowest BCUT2D eigenvalue weighted by atomic mass is 10.0. The number of likely N-dealkylation sites (tertiary alicyclic amines) is 1. The summed E-state index contributed by atoms with van der Waals surface area (Å²) in [6, 6.07) is 6.42. The molecule has 0 bridgehead atoms. The van der Waals surface area contributed by atoms with Crippen LogP contribution in [0.3, 0.4) is 0 Å². The van der Waals surface area contributed by atoms with Gasteiger partial charge in [0.25, 0.3) is 0 Å². The molecule has 0 amide bonds. The van der Waals surface area contributed by atoms with Crippen LogP contribution in [0.25, 0.3) is 0 Å². The zero-order valence-corrected chi connectivity index (χ0v) is 10.8. The first-order chi connectivity index (χ1) is 9.11. The highest BCUT2D eigenvalue weighted by molar-refractivity contribution is 5.97. The maximum atomic E-state index is 12.1. The highest BCUT2D eigenvalue weighted by Crippen LogP contribution is 2.37. The Morgan fingerprint density at radius 2 is 1.74 bits per heavy atom. The number of aromatic hydroxyl groups is 1. The Hall–Kier alpha value is -1.39. The Kier molecular flexibility index (Phi) is 3.29. The molecule has 0 aromatic heterocycles. The normalized spacial score (nSPS) is 30.5. The number of phenolic OH excluding ortho intramolecular Hbond substituents is 1. The van der Waals surface area contributed by atoms with Gasteiger partial charge in [-0.05, 0) is 48.9 Å². The van der Waals surface area contributed by atoms with Gasteiger partial charge in [0.15, 0.2) is 5.78 Å². The van der Waals surface area contributed by atoms with Gasteiger partial charge in [-0.3, -0.25) is 9.69 Å². The minimum absolute atomic E-state index is 0.0977. The van der Waals surface area contributed by atoms with Crippen LogP contribution in [0.15, 0.2) is 24.3 Å². The molecule has 1 saturated carbocycles. The first kappa shape index (κ1) is 12.6. The summed E-state index contributed by atoms with van der Waals surface area (Å²) < 4.78 is 0. The molecule has 1 aromatic rings. The van der Waals surface area contributed by atoms with E-state index in [1.807, 2.05) is 0 Å². The minimum Gasteiger partial charge on any atom is -0.508 e. The maximum Gasteiger partial charge on any atom is 0.176 e. The molecule has 1 aliphatic heterocycles. The average Bonchev–Trinajstić information content (AvgIpc) is 2.86. The molecule has 102 valence electrons. The van der Waals surface area contributed by atoms with Crippen LogP contribution >= 0.6 is 0 Å². The summed E-state index contributed by atoms with van der Waals surface area (Å²) in [6.07, 6.45) is 1.63. The third kappa shape index (κ3) is 2.65. The third-order valence-corrected chi connectivity index (χ3v) is 4.36. The van der Waals surface area contributed by atoms with Crippen molar-refractivity contribution < 1.29 is 15.0 Å². The number of rotatable bonds is 3. The van der Waals surface area contributed by atoms with Gasteiger partial charge in [0.2, 0.25) is 0 Å². The van der Waals surface area contributed by atoms with Crippen LogP contribution < -0.4 is 0 Å². The van der Waals surface area contributed by atoms with Crippen LogP contribution in [0.2, 0.25) is 0 Å². The Labute approximate surface area is 112 Å². The first-order valence-electron chi connectivity index (χ1n) is 6.84. The first-order valence-corrected chi connectivity index (χ1v) is 6.84. The fourth-order valence-corrected chi connectivity index (χ4v) is 3.44. The average molecular weight is 261 g/mol. The molecule has 0 radical (unpaired) electrons. The van der Waals surface area contributed by atoms with Crippen LogP contribution in [0.4, 0.5) is 0 Å². The number of benzene rings is 1. The number of aliphatic hydroxyl groups is 1. The van der Waals surface area contributed by atoms with E-state index in [1.165, 1.54) is 0 Å². The van der Waals surface area contributed by atoms with Crippen molar-refractivity contribution in [2.45, 2.75) is 18.9 Å². The number of nitrogens with zero attached hydrogens (tertiary/aromatic N) is 1. The van der Waals surface area contributed by atoms with Crippen LogP contribution in [-0.4, -0.2) is 46.6 Å². The summed E-state index contributed by atoms with van der Waals surface area (Å²) in [5.41, 5.74) is 0.648. The largest absolute Gasteiger partial charge is 0.508 e. The van der Waals surface area contributed by atoms with Gasteiger partial charge in [-0.25, -0.2) is 0 Å². The molecule has 0 spiro atoms. The molecule has 4 nitrogen and oxygen atoms in total. The van der Waals surface area contributed by atoms with Crippen molar-refractivity contribution >= 4 is 5.78 Å². The van der Waals surface area contributed by atoms with Crippen molar-refractivity contribution in [3.63, 3.8) is 0 Å². The van der Waals surface area contributed by atoms with Crippen molar-refractivity contribution in [2.75, 3.05) is 19.6 Å². The Morgan fingerprint density at radius 1 is 1.16 bits per heavy atom. The van der Waals surface area contributed by atoms with E-state index in [4.69, 9.17) is 0 Å². The molecule has 1 saturated heterocycles. The van der Waals surface area contributed by atoms with E-state index in [2.05, 4.69) is 4.90 Å². The summed E-state index contributed by atoms with van der Waals surface area (Å²) in [6.45, 7) is 2.28. The molecule has 4 heteroatoms. The zero-order chi connectivity index (χ0) is 13.4. The lowest BCUT2D eigenvalue weighted by molar-refractivity contribution is 0.0935. The maximum absolute atomic E-state index is 12.1. The molecule has 19 heavy (non-hydrogen) atoms. The second-order valence-electron chi connectivity index (χ2n) is 5.81. The number of carbonyl (C=O) groups excluding carboxylic acids is 1. The zero-order valence-electron chi connectivity index (χ0n) is 10.8. The second-order valence-corrected chi connectivity index (χ2v) is 5.81. The van der Waals surface area contributed by atoms with Gasteiger partial charge in [-0.1, -0.05) is 0 Å². The lowest BCUT2D eigenvalue weighted by Gasteiger charge is -2.16. The molecule has 1 heterocycles. The number of carbonyl (C=O) groups is 1. The summed E-state index contributed by atoms with van der Waals surface area (Å²) in [5, 5.41) is 18.8. The van der Waals surface area contributed by atoms with Gasteiger partial charge in [0.1, 0.15) is 5.75 Å². The topological polar surface area (TPSA) is 60.8 Å². The Bertz CT molecular complexity index is 457. The molecular formula is C15H19NO3. The predicted octanol–water partition coefficient (Wildman–Crippen LogP) is 1.28. The molecule has 1 unspecified atom stereocenters. The van der Waals surface area contributed by atoms with Crippen LogP contribution in [-0.2, 0) is 0 Å². The van der Waals surface area contributed by atoms with Crippen molar-refractivity contribution in [2.24, 2.45) is 11.8 Å². The van der Waals surface area contributed by atoms with E-state index in [9.17, 15) is 15.0 Å². The summed E-state index contributed by atoms with van der Waals surface area (Å²) in [5.74, 6) is 1.40. The van der Waals surface area contributed by atoms with E-state index < -0.39 is 0 Å². The highest BCUT2D eigenvalue weighted by atomic mass is 16.3. The Morgan fingerprint density at radius 3 is 2.32 bits per heavy atom. The van der Waals surface area contributed by atoms with Crippen LogP contribution in [0.1, 0.15) is 23.2 Å². The highest BCUT2D eigenvalue weighted by Gasteiger charge is 2.40. The van der Waals surface area contributed by atoms with Crippen LogP contribution in [0.5, 0.6) is 5.75 Å². The van der Waals surface area contributed by atoms with Gasteiger partial charge in [0.05, 0.1) is 12.6 Å². The number of hydrogen-bond donors (Lipinski definition) is 2. The fourth-order valence-electron chi connectivity index (χ4n) is 3.44. The number of aliphatic hydroxyl groups excluding tert-OH is 1. The molecule has 3 rings (SSSR count). The van der Waals surface area contributed by atoms with Crippen molar-refractivity contribution in [1.82, 2.24) is 4.90 Å². The summed E-state index contributed by atoms with van der Waals surface area (Å²) in [4.78, 5) is 14.3. The summed E-state index contributed by atoms with van der Waals surface area (Å²) >= 11 is 0. The molecule has 2 N–H and O–H groups in total. The van der Waals surface area contributed by atoms with Crippen LogP contribution in [0, 0.1) is 11.8 Å². The van der Waals surface area contributed by atoms with E-state index in [1.54, 1.807) is 24.3 Å². The molecule has 1 aromatic carbocycles. The third-order valence-electron chi connectivity index (χ3n) is 4.36. The number of hydrogen-bond acceptors (Lipinski definition) is 4. The standard InChI is InChI=1S/C15H19NO3/c17-13-3-1-10(2-4-13)15(19)9-16-7-11-5-14(18)6-12(11)8-16/h1-4,11-12,14,17-18H,5-9H2/t11-,12+,14?. The van der Waals surface area contributed by atoms with E-state index in [0.29, 0.717) is 23.9 Å². The number of Topliss-reactive ketones (excluding diaryl/α,β-unsaturated/α-hetero) is 1. The fraction of sp³-hybridized carbons (Fsp3) is 0.533. The van der Waals surface area contributed by atoms with E-state index in [0.717, 1.165) is 25.9 Å². The van der Waals surface area contributed by atoms with E-state index >= 15 is 0 Å². The smallest absolute Gasteiger partial charge is 0.176 e. The summed E-state index contributed by atoms with van der Waals surface area (Å²) in [7, 11) is 0. The quantitative estimate of drug-likeness (QED) is 0.805. The molecule has 2 fully saturated rings. The van der Waals surface area contributed by atoms with Gasteiger partial charge in [-0.2, -0.15) is 0 Å².